The van der Waals surface area contributed by atoms with Crippen LogP contribution in [0.15, 0.2) is 0 Å². The minimum absolute atomic E-state index is 0.0501. The Hall–Kier alpha value is -0.723. The zero-order valence-corrected chi connectivity index (χ0v) is 16.7. The van der Waals surface area contributed by atoms with Gasteiger partial charge >= 0.3 is 5.97 Å². The number of ether oxygens (including phenoxy) is 1. The van der Waals surface area contributed by atoms with E-state index >= 15 is 0 Å². The molecule has 0 saturated carbocycles. The Bertz CT molecular complexity index is 408. The van der Waals surface area contributed by atoms with E-state index in [-0.39, 0.29) is 23.7 Å². The molecule has 0 radical (unpaired) electrons. The highest BCUT2D eigenvalue weighted by molar-refractivity contribution is 6.48. The second-order valence-electron chi connectivity index (χ2n) is 7.87. The SMILES string of the molecule is CCCCOC(=O)C1(CC=O)CC(C(C)(C)C)CN1O[SiH](C)C. The smallest absolute Gasteiger partial charge is 0.329 e. The summed E-state index contributed by atoms with van der Waals surface area (Å²) in [6.45, 7) is 13.8. The molecule has 0 aromatic heterocycles. The van der Waals surface area contributed by atoms with Gasteiger partial charge in [0.25, 0.3) is 0 Å². The highest BCUT2D eigenvalue weighted by Gasteiger charge is 2.55. The molecule has 1 fully saturated rings. The highest BCUT2D eigenvalue weighted by Crippen LogP contribution is 2.44. The summed E-state index contributed by atoms with van der Waals surface area (Å²) in [5, 5.41) is 1.78. The second-order valence-corrected chi connectivity index (χ2v) is 10.2. The molecule has 1 saturated heterocycles. The first-order valence-electron chi connectivity index (χ1n) is 8.72. The van der Waals surface area contributed by atoms with Crippen molar-refractivity contribution in [1.29, 1.82) is 0 Å². The zero-order chi connectivity index (χ0) is 17.7. The van der Waals surface area contributed by atoms with Crippen molar-refractivity contribution in [3.63, 3.8) is 0 Å². The molecular formula is C17H33NO4Si. The Morgan fingerprint density at radius 1 is 1.39 bits per heavy atom. The fourth-order valence-electron chi connectivity index (χ4n) is 2.96. The van der Waals surface area contributed by atoms with Crippen LogP contribution in [0.4, 0.5) is 0 Å². The minimum atomic E-state index is -1.38. The number of aldehydes is 1. The van der Waals surface area contributed by atoms with Gasteiger partial charge in [0.15, 0.2) is 9.04 Å². The van der Waals surface area contributed by atoms with E-state index in [9.17, 15) is 9.59 Å². The van der Waals surface area contributed by atoms with Crippen molar-refractivity contribution >= 4 is 21.3 Å². The first-order valence-corrected chi connectivity index (χ1v) is 11.5. The van der Waals surface area contributed by atoms with Gasteiger partial charge in [0.1, 0.15) is 11.8 Å². The lowest BCUT2D eigenvalue weighted by Gasteiger charge is -2.35. The summed E-state index contributed by atoms with van der Waals surface area (Å²) in [4.78, 5) is 24.1. The standard InChI is InChI=1S/C17H33NO4Si/c1-7-8-11-21-15(20)17(9-10-19)12-14(16(2,3)4)13-18(17)22-23(5)6/h10,14,23H,7-9,11-13H2,1-6H3. The van der Waals surface area contributed by atoms with Crippen LogP contribution in [0.25, 0.3) is 0 Å². The Labute approximate surface area is 142 Å². The van der Waals surface area contributed by atoms with Crippen LogP contribution in [0.1, 0.15) is 53.4 Å². The monoisotopic (exact) mass is 343 g/mol. The van der Waals surface area contributed by atoms with Crippen LogP contribution in [0, 0.1) is 11.3 Å². The summed E-state index contributed by atoms with van der Waals surface area (Å²) in [7, 11) is -1.38. The molecule has 2 atom stereocenters. The van der Waals surface area contributed by atoms with Gasteiger partial charge in [0.2, 0.25) is 0 Å². The van der Waals surface area contributed by atoms with Crippen LogP contribution < -0.4 is 0 Å². The lowest BCUT2D eigenvalue weighted by Crippen LogP contribution is -2.53. The molecule has 0 amide bonds. The van der Waals surface area contributed by atoms with Crippen molar-refractivity contribution < 1.29 is 18.9 Å². The minimum Gasteiger partial charge on any atom is -0.464 e. The molecular weight excluding hydrogens is 310 g/mol. The van der Waals surface area contributed by atoms with E-state index in [1.54, 1.807) is 5.06 Å². The van der Waals surface area contributed by atoms with Gasteiger partial charge in [0.05, 0.1) is 6.61 Å². The zero-order valence-electron chi connectivity index (χ0n) is 15.6. The van der Waals surface area contributed by atoms with Gasteiger partial charge in [-0.1, -0.05) is 34.1 Å². The summed E-state index contributed by atoms with van der Waals surface area (Å²) in [6, 6.07) is 0. The summed E-state index contributed by atoms with van der Waals surface area (Å²) in [6.07, 6.45) is 3.38. The number of unbranched alkanes of at least 4 members (excludes halogenated alkanes) is 1. The third kappa shape index (κ3) is 5.13. The van der Waals surface area contributed by atoms with Crippen molar-refractivity contribution in [1.82, 2.24) is 5.06 Å². The van der Waals surface area contributed by atoms with Crippen LogP contribution in [0.3, 0.4) is 0 Å². The van der Waals surface area contributed by atoms with E-state index in [0.29, 0.717) is 19.6 Å². The summed E-state index contributed by atoms with van der Waals surface area (Å²) in [5.74, 6) is -0.0200. The molecule has 6 heteroatoms. The van der Waals surface area contributed by atoms with Crippen LogP contribution in [-0.2, 0) is 18.9 Å². The molecule has 0 N–H and O–H groups in total. The highest BCUT2D eigenvalue weighted by atomic mass is 28.3. The van der Waals surface area contributed by atoms with Crippen LogP contribution in [-0.4, -0.2) is 45.0 Å². The predicted octanol–water partition coefficient (Wildman–Crippen LogP) is 2.94. The van der Waals surface area contributed by atoms with Gasteiger partial charge < -0.3 is 14.1 Å². The molecule has 1 aliphatic rings. The number of rotatable bonds is 8. The number of hydrogen-bond acceptors (Lipinski definition) is 5. The van der Waals surface area contributed by atoms with Crippen molar-refractivity contribution in [3.05, 3.63) is 0 Å². The number of hydroxylamine groups is 2. The topological polar surface area (TPSA) is 55.8 Å². The quantitative estimate of drug-likeness (QED) is 0.293. The van der Waals surface area contributed by atoms with Gasteiger partial charge in [-0.05, 0) is 37.3 Å². The molecule has 0 spiro atoms. The molecule has 1 rings (SSSR count). The average Bonchev–Trinajstić information content (AvgIpc) is 2.78. The fraction of sp³-hybridized carbons (Fsp3) is 0.882. The van der Waals surface area contributed by atoms with Crippen LogP contribution in [0.5, 0.6) is 0 Å². The lowest BCUT2D eigenvalue weighted by atomic mass is 9.76. The molecule has 0 aromatic carbocycles. The van der Waals surface area contributed by atoms with Crippen molar-refractivity contribution in [2.75, 3.05) is 13.2 Å². The fourth-order valence-corrected chi connectivity index (χ4v) is 3.76. The second kappa shape index (κ2) is 8.40. The summed E-state index contributed by atoms with van der Waals surface area (Å²) in [5.41, 5.74) is -0.904. The maximum absolute atomic E-state index is 12.8. The first kappa shape index (κ1) is 20.3. The predicted molar refractivity (Wildman–Crippen MR) is 93.5 cm³/mol. The Morgan fingerprint density at radius 2 is 2.04 bits per heavy atom. The number of hydrogen-bond donors (Lipinski definition) is 0. The largest absolute Gasteiger partial charge is 0.464 e. The van der Waals surface area contributed by atoms with E-state index in [1.807, 2.05) is 0 Å². The number of carbonyl (C=O) groups excluding carboxylic acids is 2. The van der Waals surface area contributed by atoms with Gasteiger partial charge in [-0.2, -0.15) is 5.06 Å². The van der Waals surface area contributed by atoms with E-state index < -0.39 is 14.6 Å². The molecule has 134 valence electrons. The Kier molecular flexibility index (Phi) is 7.42. The van der Waals surface area contributed by atoms with E-state index in [2.05, 4.69) is 40.8 Å². The van der Waals surface area contributed by atoms with E-state index in [4.69, 9.17) is 9.26 Å². The van der Waals surface area contributed by atoms with Gasteiger partial charge in [-0.15, -0.1) is 0 Å². The van der Waals surface area contributed by atoms with Gasteiger partial charge in [0, 0.05) is 13.0 Å². The third-order valence-electron chi connectivity index (χ3n) is 4.54. The van der Waals surface area contributed by atoms with Gasteiger partial charge in [-0.25, -0.2) is 4.79 Å². The van der Waals surface area contributed by atoms with E-state index in [1.165, 1.54) is 0 Å². The molecule has 1 aliphatic heterocycles. The maximum atomic E-state index is 12.8. The Balaban J connectivity index is 3.05. The van der Waals surface area contributed by atoms with Gasteiger partial charge in [-0.3, -0.25) is 0 Å². The van der Waals surface area contributed by atoms with Crippen molar-refractivity contribution in [3.8, 4) is 0 Å². The molecule has 5 nitrogen and oxygen atoms in total. The molecule has 0 aliphatic carbocycles. The van der Waals surface area contributed by atoms with Crippen molar-refractivity contribution in [2.24, 2.45) is 11.3 Å². The van der Waals surface area contributed by atoms with Crippen LogP contribution in [0.2, 0.25) is 13.1 Å². The molecule has 23 heavy (non-hydrogen) atoms. The van der Waals surface area contributed by atoms with Crippen LogP contribution >= 0.6 is 0 Å². The Morgan fingerprint density at radius 3 is 2.52 bits per heavy atom. The van der Waals surface area contributed by atoms with Crippen molar-refractivity contribution in [2.45, 2.75) is 72.0 Å². The molecule has 1 heterocycles. The van der Waals surface area contributed by atoms with E-state index in [0.717, 1.165) is 19.1 Å². The lowest BCUT2D eigenvalue weighted by molar-refractivity contribution is -0.182. The molecule has 0 bridgehead atoms. The maximum Gasteiger partial charge on any atom is 0.329 e. The summed E-state index contributed by atoms with van der Waals surface area (Å²) >= 11 is 0. The summed E-state index contributed by atoms with van der Waals surface area (Å²) < 4.78 is 11.5. The first-order chi connectivity index (χ1) is 10.7. The average molecular weight is 344 g/mol. The number of nitrogens with zero attached hydrogens (tertiary/aromatic N) is 1. The number of carbonyl (C=O) groups is 2. The number of esters is 1. The normalized spacial score (nSPS) is 25.8. The third-order valence-corrected chi connectivity index (χ3v) is 5.22. The molecule has 0 aromatic rings. The molecule has 2 unspecified atom stereocenters.